The molecule has 2 rings (SSSR count). The third-order valence-electron chi connectivity index (χ3n) is 17.0. The summed E-state index contributed by atoms with van der Waals surface area (Å²) in [7, 11) is 0. The molecule has 0 fully saturated rings. The van der Waals surface area contributed by atoms with Crippen molar-refractivity contribution in [3.63, 3.8) is 0 Å². The average Bonchev–Trinajstić information content (AvgIpc) is 0.907. The highest BCUT2D eigenvalue weighted by Gasteiger charge is 2.39. The maximum Gasteiger partial charge on any atom is 0.326 e. The number of aromatic amines is 1. The van der Waals surface area contributed by atoms with Crippen LogP contribution in [0.2, 0.25) is 0 Å². The lowest BCUT2D eigenvalue weighted by molar-refractivity contribution is -0.143. The number of carbonyl (C=O) groups excluding carboxylic acids is 11. The Kier molecular flexibility index (Phi) is 39.5. The van der Waals surface area contributed by atoms with Crippen LogP contribution in [0, 0.1) is 29.6 Å². The number of aliphatic carboxylic acids is 2. The van der Waals surface area contributed by atoms with Gasteiger partial charge in [-0.3, -0.25) is 57.5 Å². The Morgan fingerprint density at radius 1 is 0.460 bits per heavy atom. The van der Waals surface area contributed by atoms with Crippen molar-refractivity contribution in [3.8, 4) is 0 Å². The number of aliphatic hydroxyl groups is 1. The molecule has 32 heteroatoms. The normalized spacial score (nSPS) is 15.9. The zero-order chi connectivity index (χ0) is 75.5. The number of carboxylic acid groups (broad SMARTS) is 2. The van der Waals surface area contributed by atoms with Crippen molar-refractivity contribution >= 4 is 76.9 Å². The van der Waals surface area contributed by atoms with Gasteiger partial charge >= 0.3 is 11.9 Å². The Bertz CT molecular complexity index is 2950. The van der Waals surface area contributed by atoms with Crippen molar-refractivity contribution < 1.29 is 77.6 Å². The number of imidazole rings is 1. The Morgan fingerprint density at radius 2 is 0.880 bits per heavy atom. The number of amides is 11. The molecule has 1 aromatic heterocycles. The summed E-state index contributed by atoms with van der Waals surface area (Å²) >= 11 is 0. The standard InChI is InChI=1S/C68H114N16O16/c1-13-39(9)54(82-58(89)45(71)24-18-20-28-69)65(96)76-47(26-27-52(86)87)60(91)81-53(38(7)8)64(95)74-41(11)57(88)77-50(33-44-34-72-35-73-44)62(93)79-49(32-43-22-16-15-17-23-43)63(94)83-55(40(10)14-2)66(97)84-56(42(12)85)67(98)75-46(25-19-21-29-70)59(90)78-48(30-36(3)4)61(92)80-51(68(99)100)31-37(5)6/h15-17,22-23,34-42,45-51,53-56,85H,13-14,18-21,24-33,69-71H2,1-12H3,(H,72,73)(H,74,95)(H,75,98)(H,76,96)(H,77,88)(H,78,90)(H,79,93)(H,80,92)(H,81,91)(H,82,89)(H,83,94)(H,84,97)(H,86,87)(H,99,100)/t39-,40-,41-,42+,45-,46-,47-,48-,49-,50-,51-,53-,54-,55-,56-/m0/s1. The Balaban J connectivity index is 2.48. The first-order chi connectivity index (χ1) is 47.1. The molecule has 1 aromatic carbocycles. The third kappa shape index (κ3) is 31.3. The van der Waals surface area contributed by atoms with Gasteiger partial charge in [-0.1, -0.05) is 119 Å². The number of nitrogens with zero attached hydrogens (tertiary/aromatic N) is 1. The van der Waals surface area contributed by atoms with E-state index in [4.69, 9.17) is 17.2 Å². The minimum Gasteiger partial charge on any atom is -0.481 e. The van der Waals surface area contributed by atoms with Crippen molar-refractivity contribution in [1.29, 1.82) is 0 Å². The molecule has 0 aliphatic heterocycles. The highest BCUT2D eigenvalue weighted by molar-refractivity contribution is 5.99. The fourth-order valence-corrected chi connectivity index (χ4v) is 10.6. The molecule has 0 unspecified atom stereocenters. The number of nitrogens with one attached hydrogen (secondary N) is 12. The Hall–Kier alpha value is -8.62. The van der Waals surface area contributed by atoms with Crippen LogP contribution in [0.4, 0.5) is 0 Å². The lowest BCUT2D eigenvalue weighted by Crippen LogP contribution is -2.63. The number of H-pyrrole nitrogens is 1. The van der Waals surface area contributed by atoms with Gasteiger partial charge in [0, 0.05) is 31.2 Å². The monoisotopic (exact) mass is 1410 g/mol. The number of unbranched alkanes of at least 4 members (excludes halogenated alkanes) is 2. The van der Waals surface area contributed by atoms with Crippen LogP contribution in [0.5, 0.6) is 0 Å². The quantitative estimate of drug-likeness (QED) is 0.0364. The number of aliphatic hydroxyl groups excluding tert-OH is 1. The van der Waals surface area contributed by atoms with E-state index in [1.807, 2.05) is 0 Å². The van der Waals surface area contributed by atoms with Gasteiger partial charge in [-0.15, -0.1) is 0 Å². The van der Waals surface area contributed by atoms with Crippen LogP contribution < -0.4 is 75.7 Å². The van der Waals surface area contributed by atoms with Crippen molar-refractivity contribution in [2.24, 2.45) is 46.8 Å². The van der Waals surface area contributed by atoms with Crippen LogP contribution in [0.25, 0.3) is 0 Å². The summed E-state index contributed by atoms with van der Waals surface area (Å²) < 4.78 is 0. The molecule has 100 heavy (non-hydrogen) atoms. The van der Waals surface area contributed by atoms with Crippen LogP contribution in [-0.4, -0.2) is 194 Å². The summed E-state index contributed by atoms with van der Waals surface area (Å²) in [6.07, 6.45) is 2.84. The first kappa shape index (κ1) is 87.5. The predicted molar refractivity (Wildman–Crippen MR) is 372 cm³/mol. The van der Waals surface area contributed by atoms with Gasteiger partial charge in [-0.25, -0.2) is 9.78 Å². The number of hydrogen-bond donors (Lipinski definition) is 18. The molecule has 0 spiro atoms. The zero-order valence-electron chi connectivity index (χ0n) is 60.1. The molecule has 15 atom stereocenters. The molecule has 11 amide bonds. The average molecular weight is 1410 g/mol. The maximum absolute atomic E-state index is 14.8. The van der Waals surface area contributed by atoms with Gasteiger partial charge in [0.2, 0.25) is 65.0 Å². The minimum atomic E-state index is -1.74. The molecule has 562 valence electrons. The van der Waals surface area contributed by atoms with E-state index in [1.165, 1.54) is 26.4 Å². The fourth-order valence-electron chi connectivity index (χ4n) is 10.6. The summed E-state index contributed by atoms with van der Waals surface area (Å²) in [5.74, 6) is -14.1. The first-order valence-electron chi connectivity index (χ1n) is 34.7. The highest BCUT2D eigenvalue weighted by Crippen LogP contribution is 2.17. The van der Waals surface area contributed by atoms with Crippen LogP contribution in [0.1, 0.15) is 171 Å². The fraction of sp³-hybridized carbons (Fsp3) is 0.676. The molecule has 0 saturated heterocycles. The Labute approximate surface area is 586 Å². The molecule has 21 N–H and O–H groups in total. The second-order valence-corrected chi connectivity index (χ2v) is 27.0. The molecule has 0 saturated carbocycles. The number of nitrogens with two attached hydrogens (primary N) is 3. The first-order valence-corrected chi connectivity index (χ1v) is 34.7. The van der Waals surface area contributed by atoms with Gasteiger partial charge in [0.15, 0.2) is 0 Å². The van der Waals surface area contributed by atoms with E-state index in [0.29, 0.717) is 56.3 Å². The van der Waals surface area contributed by atoms with E-state index in [-0.39, 0.29) is 56.9 Å². The maximum atomic E-state index is 14.8. The second kappa shape index (κ2) is 45.2. The van der Waals surface area contributed by atoms with Crippen molar-refractivity contribution in [3.05, 3.63) is 54.1 Å². The van der Waals surface area contributed by atoms with Gasteiger partial charge in [-0.05, 0) is 113 Å². The van der Waals surface area contributed by atoms with E-state index in [2.05, 4.69) is 68.5 Å². The van der Waals surface area contributed by atoms with Gasteiger partial charge in [0.25, 0.3) is 0 Å². The van der Waals surface area contributed by atoms with Crippen LogP contribution in [0.15, 0.2) is 42.9 Å². The van der Waals surface area contributed by atoms with E-state index in [9.17, 15) is 77.6 Å². The molecule has 0 aliphatic rings. The molecule has 2 aromatic rings. The van der Waals surface area contributed by atoms with Gasteiger partial charge < -0.3 is 96.0 Å². The minimum absolute atomic E-state index is 0.00233. The third-order valence-corrected chi connectivity index (χ3v) is 17.0. The van der Waals surface area contributed by atoms with Crippen molar-refractivity contribution in [2.45, 2.75) is 252 Å². The van der Waals surface area contributed by atoms with Crippen LogP contribution in [0.3, 0.4) is 0 Å². The predicted octanol–water partition coefficient (Wildman–Crippen LogP) is -0.697. The molecule has 0 radical (unpaired) electrons. The number of carbonyl (C=O) groups is 13. The van der Waals surface area contributed by atoms with E-state index in [0.717, 1.165) is 0 Å². The molecule has 32 nitrogen and oxygen atoms in total. The van der Waals surface area contributed by atoms with Gasteiger partial charge in [0.1, 0.15) is 66.5 Å². The lowest BCUT2D eigenvalue weighted by atomic mass is 9.96. The number of carboxylic acids is 2. The van der Waals surface area contributed by atoms with Gasteiger partial charge in [-0.2, -0.15) is 0 Å². The molecular weight excluding hydrogens is 1300 g/mol. The van der Waals surface area contributed by atoms with Crippen molar-refractivity contribution in [1.82, 2.24) is 68.5 Å². The number of hydrogen-bond acceptors (Lipinski definition) is 18. The number of benzene rings is 1. The zero-order valence-corrected chi connectivity index (χ0v) is 60.1. The summed E-state index contributed by atoms with van der Waals surface area (Å²) in [5, 5.41) is 59.3. The van der Waals surface area contributed by atoms with E-state index < -0.39 is 186 Å². The molecule has 0 aliphatic carbocycles. The Morgan fingerprint density at radius 3 is 1.39 bits per heavy atom. The van der Waals surface area contributed by atoms with E-state index >= 15 is 0 Å². The highest BCUT2D eigenvalue weighted by atomic mass is 16.4. The largest absolute Gasteiger partial charge is 0.481 e. The SMILES string of the molecule is CC[C@H](C)[C@H](NC(=O)[C@H](Cc1ccccc1)NC(=O)[C@H](Cc1cnc[nH]1)NC(=O)[C@H](C)NC(=O)[C@@H](NC(=O)[C@H](CCC(=O)O)NC(=O)[C@@H](NC(=O)[C@@H](N)CCCCN)[C@@H](C)CC)C(C)C)C(=O)N[C@H](C(=O)N[C@@H](CCCCN)C(=O)N[C@@H](CC(C)C)C(=O)N[C@@H](CC(C)C)C(=O)O)[C@@H](C)O. The molecular formula is C68H114N16O16. The number of aromatic nitrogens is 2. The van der Waals surface area contributed by atoms with E-state index in [1.54, 1.807) is 99.6 Å². The smallest absolute Gasteiger partial charge is 0.326 e. The summed E-state index contributed by atoms with van der Waals surface area (Å²) in [4.78, 5) is 186. The van der Waals surface area contributed by atoms with Crippen LogP contribution >= 0.6 is 0 Å². The summed E-state index contributed by atoms with van der Waals surface area (Å²) in [6.45, 7) is 20.4. The summed E-state index contributed by atoms with van der Waals surface area (Å²) in [6, 6.07) is -7.96. The topological polar surface area (TPSA) is 522 Å². The second-order valence-electron chi connectivity index (χ2n) is 27.0. The van der Waals surface area contributed by atoms with Crippen LogP contribution in [-0.2, 0) is 75.2 Å². The van der Waals surface area contributed by atoms with Gasteiger partial charge in [0.05, 0.1) is 18.5 Å². The molecule has 0 bridgehead atoms. The lowest BCUT2D eigenvalue weighted by Gasteiger charge is -2.30. The van der Waals surface area contributed by atoms with Crippen molar-refractivity contribution in [2.75, 3.05) is 13.1 Å². The number of rotatable bonds is 48. The molecule has 1 heterocycles. The summed E-state index contributed by atoms with van der Waals surface area (Å²) in [5.41, 5.74) is 18.4.